The summed E-state index contributed by atoms with van der Waals surface area (Å²) in [6.07, 6.45) is 16.3. The highest BCUT2D eigenvalue weighted by Gasteiger charge is 2.24. The van der Waals surface area contributed by atoms with E-state index in [9.17, 15) is 19.5 Å². The molecule has 2 heterocycles. The van der Waals surface area contributed by atoms with Gasteiger partial charge in [0.1, 0.15) is 11.6 Å². The second-order valence-corrected chi connectivity index (χ2v) is 13.6. The molecular weight excluding hydrogens is 684 g/mol. The lowest BCUT2D eigenvalue weighted by atomic mass is 10.0. The number of aromatic nitrogens is 2. The van der Waals surface area contributed by atoms with Crippen molar-refractivity contribution in [3.05, 3.63) is 96.1 Å². The molecule has 4 aromatic rings. The lowest BCUT2D eigenvalue weighted by Crippen LogP contribution is -2.30. The van der Waals surface area contributed by atoms with Gasteiger partial charge in [-0.1, -0.05) is 113 Å². The molecule has 11 heteroatoms. The predicted octanol–water partition coefficient (Wildman–Crippen LogP) is 8.64. The van der Waals surface area contributed by atoms with Crippen LogP contribution < -0.4 is 15.5 Å². The Balaban J connectivity index is 1.25. The number of aliphatic carboxylic acids is 2. The molecule has 1 aliphatic heterocycles. The molecule has 1 aliphatic rings. The molecule has 284 valence electrons. The van der Waals surface area contributed by atoms with Crippen molar-refractivity contribution < 1.29 is 34.2 Å². The van der Waals surface area contributed by atoms with Crippen molar-refractivity contribution in [1.29, 1.82) is 0 Å². The summed E-state index contributed by atoms with van der Waals surface area (Å²) in [7, 11) is 0. The van der Waals surface area contributed by atoms with E-state index >= 15 is 0 Å². The number of imidazole rings is 1. The Bertz CT molecular complexity index is 1900. The molecular formula is C43H50N4O7. The number of aromatic amines is 1. The number of carboxylic acids is 2. The molecule has 0 fully saturated rings. The van der Waals surface area contributed by atoms with E-state index in [1.807, 2.05) is 60.7 Å². The molecule has 11 nitrogen and oxygen atoms in total. The molecule has 0 saturated carbocycles. The van der Waals surface area contributed by atoms with Crippen LogP contribution in [0.2, 0.25) is 0 Å². The molecule has 0 radical (unpaired) electrons. The van der Waals surface area contributed by atoms with Crippen LogP contribution in [0.3, 0.4) is 0 Å². The van der Waals surface area contributed by atoms with Crippen LogP contribution in [-0.2, 0) is 19.2 Å². The number of rotatable bonds is 21. The largest absolute Gasteiger partial charge is 0.482 e. The quantitative estimate of drug-likeness (QED) is 0.0417. The van der Waals surface area contributed by atoms with Crippen molar-refractivity contribution in [2.75, 3.05) is 6.61 Å². The number of ether oxygens (including phenoxy) is 1. The smallest absolute Gasteiger partial charge is 0.341 e. The molecule has 1 aromatic heterocycles. The van der Waals surface area contributed by atoms with Gasteiger partial charge in [0.2, 0.25) is 12.0 Å². The third kappa shape index (κ3) is 11.7. The minimum absolute atomic E-state index is 0.112. The predicted molar refractivity (Wildman–Crippen MR) is 210 cm³/mol. The van der Waals surface area contributed by atoms with Gasteiger partial charge in [0.15, 0.2) is 6.61 Å². The van der Waals surface area contributed by atoms with Crippen LogP contribution in [-0.4, -0.2) is 56.8 Å². The zero-order valence-corrected chi connectivity index (χ0v) is 31.0. The first-order valence-corrected chi connectivity index (χ1v) is 18.8. The molecule has 54 heavy (non-hydrogen) atoms. The van der Waals surface area contributed by atoms with E-state index in [1.165, 1.54) is 57.4 Å². The van der Waals surface area contributed by atoms with Gasteiger partial charge < -0.3 is 25.3 Å². The van der Waals surface area contributed by atoms with Gasteiger partial charge in [-0.2, -0.15) is 0 Å². The number of nitrogens with zero attached hydrogens (tertiary/aromatic N) is 1. The number of hydroxylamine groups is 1. The number of hydrogen-bond acceptors (Lipinski definition) is 7. The normalized spacial score (nSPS) is 14.4. The molecule has 5 rings (SSSR count). The number of unbranched alkanes of at least 4 members (excludes halogenated alkanes) is 8. The zero-order valence-electron chi connectivity index (χ0n) is 31.0. The SMILES string of the molecule is CCCCCCCCCCCC(C)NC(=O)C=Cc1ccc(-c2[nH]c(-c3ccc(C4=CC(C(=O)O)ON4)cc3)nc2-c2ccc(OCC(=O)O)cc2)cc1. The van der Waals surface area contributed by atoms with Crippen LogP contribution in [0.4, 0.5) is 0 Å². The van der Waals surface area contributed by atoms with Gasteiger partial charge in [-0.25, -0.2) is 14.6 Å². The average Bonchev–Trinajstić information content (AvgIpc) is 3.86. The highest BCUT2D eigenvalue weighted by Crippen LogP contribution is 2.34. The van der Waals surface area contributed by atoms with Crippen molar-refractivity contribution >= 4 is 29.6 Å². The number of nitrogens with one attached hydrogen (secondary N) is 3. The molecule has 2 unspecified atom stereocenters. The van der Waals surface area contributed by atoms with E-state index in [1.54, 1.807) is 24.3 Å². The number of benzene rings is 3. The van der Waals surface area contributed by atoms with E-state index in [0.29, 0.717) is 23.0 Å². The maximum Gasteiger partial charge on any atom is 0.341 e. The molecule has 0 bridgehead atoms. The van der Waals surface area contributed by atoms with Crippen molar-refractivity contribution in [3.8, 4) is 39.7 Å². The Morgan fingerprint density at radius 3 is 2.07 bits per heavy atom. The summed E-state index contributed by atoms with van der Waals surface area (Å²) in [5.41, 5.74) is 8.80. The summed E-state index contributed by atoms with van der Waals surface area (Å²) < 4.78 is 5.32. The first kappa shape index (κ1) is 39.5. The van der Waals surface area contributed by atoms with Gasteiger partial charge in [0.05, 0.1) is 17.1 Å². The number of carbonyl (C=O) groups excluding carboxylic acids is 1. The van der Waals surface area contributed by atoms with Crippen LogP contribution in [0.25, 0.3) is 45.7 Å². The van der Waals surface area contributed by atoms with Crippen molar-refractivity contribution in [1.82, 2.24) is 20.8 Å². The molecule has 0 saturated heterocycles. The minimum Gasteiger partial charge on any atom is -0.482 e. The van der Waals surface area contributed by atoms with E-state index < -0.39 is 24.6 Å². The lowest BCUT2D eigenvalue weighted by molar-refractivity contribution is -0.148. The van der Waals surface area contributed by atoms with E-state index in [0.717, 1.165) is 46.4 Å². The topological polar surface area (TPSA) is 163 Å². The second kappa shape index (κ2) is 20.0. The fraction of sp³-hybridized carbons (Fsp3) is 0.349. The Morgan fingerprint density at radius 2 is 1.44 bits per heavy atom. The van der Waals surface area contributed by atoms with Crippen LogP contribution in [0.15, 0.2) is 84.9 Å². The molecule has 0 spiro atoms. The summed E-state index contributed by atoms with van der Waals surface area (Å²) in [6, 6.07) is 22.5. The summed E-state index contributed by atoms with van der Waals surface area (Å²) in [5, 5.41) is 21.3. The average molecular weight is 735 g/mol. The first-order chi connectivity index (χ1) is 26.2. The number of carboxylic acid groups (broad SMARTS) is 2. The monoisotopic (exact) mass is 734 g/mol. The van der Waals surface area contributed by atoms with Gasteiger partial charge in [-0.3, -0.25) is 15.1 Å². The molecule has 3 aromatic carbocycles. The maximum atomic E-state index is 12.7. The summed E-state index contributed by atoms with van der Waals surface area (Å²) >= 11 is 0. The standard InChI is InChI=1S/C43H50N4O7/c1-3-4-5-6-7-8-9-10-11-12-29(2)44-38(48)26-15-30-13-16-32(17-14-30)40-41(33-22-24-35(25-23-33)53-28-39(49)50)46-42(45-40)34-20-18-31(19-21-34)36-27-37(43(51)52)54-47-36/h13-27,29,37,47H,3-12,28H2,1-2H3,(H,44,48)(H,45,46)(H,49,50)(H,51,52). The molecule has 1 amide bonds. The third-order valence-electron chi connectivity index (χ3n) is 9.28. The van der Waals surface area contributed by atoms with Gasteiger partial charge in [-0.05, 0) is 60.9 Å². The Hall–Kier alpha value is -5.68. The molecule has 5 N–H and O–H groups in total. The number of carbonyl (C=O) groups is 3. The second-order valence-electron chi connectivity index (χ2n) is 13.6. The Morgan fingerprint density at radius 1 is 0.833 bits per heavy atom. The number of H-pyrrole nitrogens is 1. The Kier molecular flexibility index (Phi) is 14.6. The van der Waals surface area contributed by atoms with Crippen LogP contribution >= 0.6 is 0 Å². The molecule has 2 atom stereocenters. The van der Waals surface area contributed by atoms with E-state index in [4.69, 9.17) is 19.7 Å². The summed E-state index contributed by atoms with van der Waals surface area (Å²) in [6.45, 7) is 3.86. The highest BCUT2D eigenvalue weighted by molar-refractivity contribution is 5.92. The fourth-order valence-corrected chi connectivity index (χ4v) is 6.27. The van der Waals surface area contributed by atoms with Crippen LogP contribution in [0, 0.1) is 0 Å². The number of hydrogen-bond donors (Lipinski definition) is 5. The van der Waals surface area contributed by atoms with Gasteiger partial charge >= 0.3 is 11.9 Å². The zero-order chi connectivity index (χ0) is 38.3. The minimum atomic E-state index is -1.08. The van der Waals surface area contributed by atoms with Gasteiger partial charge in [0, 0.05) is 28.8 Å². The lowest BCUT2D eigenvalue weighted by Gasteiger charge is -2.12. The summed E-state index contributed by atoms with van der Waals surface area (Å²) in [4.78, 5) is 48.5. The van der Waals surface area contributed by atoms with Gasteiger partial charge in [-0.15, -0.1) is 0 Å². The van der Waals surface area contributed by atoms with Crippen molar-refractivity contribution in [2.24, 2.45) is 0 Å². The molecule has 0 aliphatic carbocycles. The summed E-state index contributed by atoms with van der Waals surface area (Å²) in [5.74, 6) is -1.21. The van der Waals surface area contributed by atoms with Gasteiger partial charge in [0.25, 0.3) is 0 Å². The van der Waals surface area contributed by atoms with Crippen LogP contribution in [0.5, 0.6) is 5.75 Å². The third-order valence-corrected chi connectivity index (χ3v) is 9.28. The van der Waals surface area contributed by atoms with Crippen molar-refractivity contribution in [2.45, 2.75) is 90.2 Å². The Labute approximate surface area is 316 Å². The van der Waals surface area contributed by atoms with Crippen LogP contribution in [0.1, 0.15) is 89.2 Å². The highest BCUT2D eigenvalue weighted by atomic mass is 16.7. The van der Waals surface area contributed by atoms with E-state index in [2.05, 4.69) is 29.6 Å². The fourth-order valence-electron chi connectivity index (χ4n) is 6.27. The number of amides is 1. The first-order valence-electron chi connectivity index (χ1n) is 18.8. The maximum absolute atomic E-state index is 12.7. The van der Waals surface area contributed by atoms with Crippen molar-refractivity contribution in [3.63, 3.8) is 0 Å². The van der Waals surface area contributed by atoms with E-state index in [-0.39, 0.29) is 11.9 Å².